The van der Waals surface area contributed by atoms with E-state index >= 15 is 0 Å². The minimum Gasteiger partial charge on any atom is -0.483 e. The third-order valence-electron chi connectivity index (χ3n) is 5.30. The molecule has 4 aromatic rings. The predicted octanol–water partition coefficient (Wildman–Crippen LogP) is 3.62. The monoisotopic (exact) mass is 402 g/mol. The van der Waals surface area contributed by atoms with Crippen molar-refractivity contribution in [3.05, 3.63) is 79.0 Å². The van der Waals surface area contributed by atoms with Crippen LogP contribution in [0.15, 0.2) is 73.4 Å². The Morgan fingerprint density at radius 3 is 2.73 bits per heavy atom. The Hall–Kier alpha value is -3.58. The van der Waals surface area contributed by atoms with Crippen molar-refractivity contribution in [3.8, 4) is 11.4 Å². The number of nitrogens with zero attached hydrogens (tertiary/aromatic N) is 4. The number of hydrogen-bond acceptors (Lipinski definition) is 5. The van der Waals surface area contributed by atoms with Crippen molar-refractivity contribution >= 4 is 17.4 Å². The number of carboxylic acid groups (broad SMARTS) is 1. The van der Waals surface area contributed by atoms with Crippen molar-refractivity contribution in [1.82, 2.24) is 19.5 Å². The summed E-state index contributed by atoms with van der Waals surface area (Å²) in [5, 5.41) is 8.01. The molecule has 30 heavy (non-hydrogen) atoms. The summed E-state index contributed by atoms with van der Waals surface area (Å²) in [7, 11) is 0. The van der Waals surface area contributed by atoms with Crippen LogP contribution in [0, 0.1) is 5.92 Å². The van der Waals surface area contributed by atoms with E-state index in [0.717, 1.165) is 35.3 Å². The highest BCUT2D eigenvalue weighted by atomic mass is 16.5. The van der Waals surface area contributed by atoms with Crippen molar-refractivity contribution in [3.63, 3.8) is 0 Å². The molecule has 4 heterocycles. The van der Waals surface area contributed by atoms with Crippen molar-refractivity contribution < 1.29 is 14.6 Å². The van der Waals surface area contributed by atoms with Gasteiger partial charge in [0, 0.05) is 47.9 Å². The number of imidazole rings is 1. The lowest BCUT2D eigenvalue weighted by atomic mass is 9.95. The molecule has 1 aromatic carbocycles. The summed E-state index contributed by atoms with van der Waals surface area (Å²) in [6.07, 6.45) is 10.5. The van der Waals surface area contributed by atoms with Gasteiger partial charge in [0.05, 0.1) is 24.8 Å². The topological polar surface area (TPSA) is 90.1 Å². The van der Waals surface area contributed by atoms with Crippen LogP contribution < -0.4 is 0 Å². The quantitative estimate of drug-likeness (QED) is 0.524. The maximum Gasteiger partial charge on any atom is 0.290 e. The number of fused-ring (bicyclic) bond motifs is 1. The second-order valence-electron chi connectivity index (χ2n) is 7.10. The number of benzene rings is 1. The maximum absolute atomic E-state index is 8.36. The Morgan fingerprint density at radius 2 is 1.90 bits per heavy atom. The first kappa shape index (κ1) is 19.7. The standard InChI is InChI=1S/C22H20N4O.CH2O2/c1-2-17-13-18(3-4-20(17)24-7-1)22-25-10-11-26(22)21-15-27-14-19(21)12-16-5-8-23-9-6-16;2-1-3/h1-11,13,19,21H,12,14-15H2;1H,(H,2,3)/t19-,21-;/m1./s1. The van der Waals surface area contributed by atoms with Gasteiger partial charge < -0.3 is 14.4 Å². The van der Waals surface area contributed by atoms with Crippen LogP contribution >= 0.6 is 0 Å². The first-order valence-corrected chi connectivity index (χ1v) is 9.72. The predicted molar refractivity (Wildman–Crippen MR) is 113 cm³/mol. The molecular weight excluding hydrogens is 380 g/mol. The zero-order valence-electron chi connectivity index (χ0n) is 16.3. The second-order valence-corrected chi connectivity index (χ2v) is 7.10. The highest BCUT2D eigenvalue weighted by Crippen LogP contribution is 2.33. The fraction of sp³-hybridized carbons (Fsp3) is 0.217. The van der Waals surface area contributed by atoms with E-state index in [2.05, 4.69) is 62.1 Å². The van der Waals surface area contributed by atoms with E-state index in [1.165, 1.54) is 5.56 Å². The summed E-state index contributed by atoms with van der Waals surface area (Å²) >= 11 is 0. The number of aromatic nitrogens is 4. The van der Waals surface area contributed by atoms with Crippen LogP contribution in [0.1, 0.15) is 11.6 Å². The number of hydrogen-bond donors (Lipinski definition) is 1. The van der Waals surface area contributed by atoms with E-state index < -0.39 is 0 Å². The van der Waals surface area contributed by atoms with Crippen LogP contribution in [-0.4, -0.2) is 44.3 Å². The third kappa shape index (κ3) is 4.21. The molecule has 7 nitrogen and oxygen atoms in total. The highest BCUT2D eigenvalue weighted by molar-refractivity contribution is 5.83. The van der Waals surface area contributed by atoms with Gasteiger partial charge in [-0.25, -0.2) is 4.98 Å². The van der Waals surface area contributed by atoms with Crippen LogP contribution in [0.5, 0.6) is 0 Å². The summed E-state index contributed by atoms with van der Waals surface area (Å²) in [6.45, 7) is 1.24. The van der Waals surface area contributed by atoms with Gasteiger partial charge in [-0.15, -0.1) is 0 Å². The maximum atomic E-state index is 8.36. The summed E-state index contributed by atoms with van der Waals surface area (Å²) in [5.74, 6) is 1.40. The number of rotatable bonds is 4. The molecule has 152 valence electrons. The molecule has 0 saturated carbocycles. The first-order valence-electron chi connectivity index (χ1n) is 9.72. The van der Waals surface area contributed by atoms with E-state index in [-0.39, 0.29) is 12.5 Å². The number of ether oxygens (including phenoxy) is 1. The van der Waals surface area contributed by atoms with Gasteiger partial charge in [0.25, 0.3) is 6.47 Å². The average Bonchev–Trinajstić information content (AvgIpc) is 3.44. The summed E-state index contributed by atoms with van der Waals surface area (Å²) < 4.78 is 8.13. The minimum atomic E-state index is -0.250. The van der Waals surface area contributed by atoms with Crippen LogP contribution in [0.25, 0.3) is 22.3 Å². The Balaban J connectivity index is 0.000000687. The van der Waals surface area contributed by atoms with Gasteiger partial charge in [-0.2, -0.15) is 0 Å². The molecule has 0 aliphatic carbocycles. The fourth-order valence-electron chi connectivity index (χ4n) is 3.93. The van der Waals surface area contributed by atoms with Gasteiger partial charge in [-0.3, -0.25) is 14.8 Å². The molecule has 0 amide bonds. The molecule has 0 unspecified atom stereocenters. The molecule has 0 radical (unpaired) electrons. The Morgan fingerprint density at radius 1 is 1.07 bits per heavy atom. The van der Waals surface area contributed by atoms with E-state index in [0.29, 0.717) is 12.5 Å². The summed E-state index contributed by atoms with van der Waals surface area (Å²) in [5.41, 5.74) is 3.40. The van der Waals surface area contributed by atoms with Crippen molar-refractivity contribution in [2.45, 2.75) is 12.5 Å². The molecule has 1 aliphatic heterocycles. The largest absolute Gasteiger partial charge is 0.483 e. The number of pyridine rings is 2. The highest BCUT2D eigenvalue weighted by Gasteiger charge is 2.31. The van der Waals surface area contributed by atoms with Crippen molar-refractivity contribution in [1.29, 1.82) is 0 Å². The lowest BCUT2D eigenvalue weighted by molar-refractivity contribution is -0.122. The average molecular weight is 402 g/mol. The van der Waals surface area contributed by atoms with Gasteiger partial charge in [0.15, 0.2) is 0 Å². The Kier molecular flexibility index (Phi) is 6.10. The van der Waals surface area contributed by atoms with E-state index in [4.69, 9.17) is 14.6 Å². The summed E-state index contributed by atoms with van der Waals surface area (Å²) in [4.78, 5) is 21.5. The van der Waals surface area contributed by atoms with Gasteiger partial charge in [0.1, 0.15) is 5.82 Å². The van der Waals surface area contributed by atoms with Gasteiger partial charge in [-0.05, 0) is 48.4 Å². The lowest BCUT2D eigenvalue weighted by Crippen LogP contribution is -2.20. The van der Waals surface area contributed by atoms with E-state index in [9.17, 15) is 0 Å². The lowest BCUT2D eigenvalue weighted by Gasteiger charge is -2.21. The van der Waals surface area contributed by atoms with Gasteiger partial charge >= 0.3 is 0 Å². The van der Waals surface area contributed by atoms with Crippen LogP contribution in [0.2, 0.25) is 0 Å². The van der Waals surface area contributed by atoms with Crippen LogP contribution in [-0.2, 0) is 16.0 Å². The van der Waals surface area contributed by atoms with Crippen LogP contribution in [0.4, 0.5) is 0 Å². The second kappa shape index (κ2) is 9.28. The first-order chi connectivity index (χ1) is 14.8. The van der Waals surface area contributed by atoms with Crippen molar-refractivity contribution in [2.24, 2.45) is 5.92 Å². The SMILES string of the molecule is O=CO.c1cnc2ccc(-c3nccn3[C@@H]3COC[C@H]3Cc3ccncc3)cc2c1. The van der Waals surface area contributed by atoms with E-state index in [1.54, 1.807) is 0 Å². The molecule has 5 rings (SSSR count). The fourth-order valence-corrected chi connectivity index (χ4v) is 3.93. The Bertz CT molecular complexity index is 1110. The Labute approximate surface area is 174 Å². The minimum absolute atomic E-state index is 0.250. The molecule has 0 bridgehead atoms. The molecule has 1 N–H and O–H groups in total. The number of carbonyl (C=O) groups is 1. The molecule has 2 atom stereocenters. The van der Waals surface area contributed by atoms with Crippen molar-refractivity contribution in [2.75, 3.05) is 13.2 Å². The molecule has 1 fully saturated rings. The van der Waals surface area contributed by atoms with E-state index in [1.807, 2.05) is 30.9 Å². The van der Waals surface area contributed by atoms with Gasteiger partial charge in [0.2, 0.25) is 0 Å². The molecule has 1 aliphatic rings. The third-order valence-corrected chi connectivity index (χ3v) is 5.30. The van der Waals surface area contributed by atoms with Crippen LogP contribution in [0.3, 0.4) is 0 Å². The molecule has 1 saturated heterocycles. The zero-order valence-corrected chi connectivity index (χ0v) is 16.3. The molecule has 0 spiro atoms. The van der Waals surface area contributed by atoms with Gasteiger partial charge in [-0.1, -0.05) is 6.07 Å². The normalized spacial score (nSPS) is 18.0. The summed E-state index contributed by atoms with van der Waals surface area (Å²) in [6, 6.07) is 14.8. The smallest absolute Gasteiger partial charge is 0.290 e. The zero-order chi connectivity index (χ0) is 20.8. The molecule has 7 heteroatoms. The molecule has 3 aromatic heterocycles. The molecular formula is C23H22N4O3.